The zero-order valence-corrected chi connectivity index (χ0v) is 16.3. The average molecular weight is 427 g/mol. The van der Waals surface area contributed by atoms with E-state index in [1.165, 1.54) is 0 Å². The number of rotatable bonds is 5. The predicted octanol–water partition coefficient (Wildman–Crippen LogP) is 5.74. The van der Waals surface area contributed by atoms with Gasteiger partial charge in [0, 0.05) is 10.0 Å². The summed E-state index contributed by atoms with van der Waals surface area (Å²) in [6, 6.07) is 17.9. The minimum atomic E-state index is -0.0103. The van der Waals surface area contributed by atoms with Crippen LogP contribution in [0.2, 0.25) is 0 Å². The smallest absolute Gasteiger partial charge is 0.247 e. The van der Waals surface area contributed by atoms with Crippen molar-refractivity contribution in [3.63, 3.8) is 0 Å². The van der Waals surface area contributed by atoms with Gasteiger partial charge in [-0.2, -0.15) is 0 Å². The molecule has 0 amide bonds. The lowest BCUT2D eigenvalue weighted by atomic mass is 10.2. The number of aromatic amines is 1. The maximum absolute atomic E-state index is 5.82. The highest BCUT2D eigenvalue weighted by Gasteiger charge is 2.18. The molecule has 0 aliphatic carbocycles. The number of hydrogen-bond donors (Lipinski definition) is 1. The lowest BCUT2D eigenvalue weighted by Crippen LogP contribution is -1.89. The first-order chi connectivity index (χ1) is 12.7. The molecule has 0 saturated carbocycles. The van der Waals surface area contributed by atoms with Crippen molar-refractivity contribution in [1.29, 1.82) is 0 Å². The molecule has 2 heterocycles. The van der Waals surface area contributed by atoms with Crippen LogP contribution in [0.3, 0.4) is 0 Å². The van der Waals surface area contributed by atoms with Gasteiger partial charge in [-0.25, -0.2) is 4.98 Å². The van der Waals surface area contributed by atoms with E-state index in [1.807, 2.05) is 67.7 Å². The van der Waals surface area contributed by atoms with Crippen molar-refractivity contribution in [1.82, 2.24) is 20.2 Å². The van der Waals surface area contributed by atoms with Crippen molar-refractivity contribution in [2.75, 3.05) is 0 Å². The van der Waals surface area contributed by atoms with E-state index in [1.54, 1.807) is 11.8 Å². The highest BCUT2D eigenvalue weighted by atomic mass is 79.9. The van der Waals surface area contributed by atoms with E-state index in [4.69, 9.17) is 4.42 Å². The van der Waals surface area contributed by atoms with Crippen LogP contribution >= 0.6 is 27.7 Å². The Hall–Kier alpha value is -2.38. The Morgan fingerprint density at radius 3 is 2.54 bits per heavy atom. The molecule has 0 aliphatic rings. The summed E-state index contributed by atoms with van der Waals surface area (Å²) in [5.74, 6) is 1.11. The number of H-pyrrole nitrogens is 1. The van der Waals surface area contributed by atoms with Crippen molar-refractivity contribution in [3.8, 4) is 22.7 Å². The fraction of sp³-hybridized carbons (Fsp3) is 0.105. The Labute approximate surface area is 163 Å². The van der Waals surface area contributed by atoms with Crippen LogP contribution in [-0.4, -0.2) is 20.2 Å². The van der Waals surface area contributed by atoms with Gasteiger partial charge in [0.25, 0.3) is 0 Å². The number of halogens is 1. The number of nitrogens with zero attached hydrogens (tertiary/aromatic N) is 3. The van der Waals surface area contributed by atoms with Crippen LogP contribution in [0.15, 0.2) is 74.8 Å². The van der Waals surface area contributed by atoms with Crippen molar-refractivity contribution in [2.24, 2.45) is 0 Å². The quantitative estimate of drug-likeness (QED) is 0.411. The monoisotopic (exact) mass is 426 g/mol. The van der Waals surface area contributed by atoms with Gasteiger partial charge in [-0.3, -0.25) is 0 Å². The molecule has 1 atom stereocenters. The first-order valence-corrected chi connectivity index (χ1v) is 9.73. The Morgan fingerprint density at radius 1 is 1.00 bits per heavy atom. The van der Waals surface area contributed by atoms with Crippen LogP contribution in [0.5, 0.6) is 0 Å². The Bertz CT molecular complexity index is 998. The average Bonchev–Trinajstić information content (AvgIpc) is 3.33. The lowest BCUT2D eigenvalue weighted by molar-refractivity contribution is 0.509. The van der Waals surface area contributed by atoms with Gasteiger partial charge in [0.2, 0.25) is 11.8 Å². The van der Waals surface area contributed by atoms with Crippen molar-refractivity contribution in [3.05, 3.63) is 71.2 Å². The molecule has 7 heteroatoms. The number of nitrogens with one attached hydrogen (secondary N) is 1. The second-order valence-electron chi connectivity index (χ2n) is 5.68. The molecule has 5 nitrogen and oxygen atoms in total. The van der Waals surface area contributed by atoms with E-state index in [9.17, 15) is 0 Å². The van der Waals surface area contributed by atoms with E-state index < -0.39 is 0 Å². The van der Waals surface area contributed by atoms with Gasteiger partial charge in [-0.15, -0.1) is 10.2 Å². The maximum atomic E-state index is 5.82. The molecule has 0 unspecified atom stereocenters. The fourth-order valence-corrected chi connectivity index (χ4v) is 3.53. The molecule has 2 aromatic heterocycles. The minimum absolute atomic E-state index is 0.0103. The van der Waals surface area contributed by atoms with Crippen molar-refractivity contribution in [2.45, 2.75) is 17.3 Å². The molecule has 0 fully saturated rings. The van der Waals surface area contributed by atoms with Crippen LogP contribution < -0.4 is 0 Å². The summed E-state index contributed by atoms with van der Waals surface area (Å²) in [4.78, 5) is 7.79. The Morgan fingerprint density at radius 2 is 1.77 bits per heavy atom. The van der Waals surface area contributed by atoms with Crippen LogP contribution in [0.1, 0.15) is 18.1 Å². The Balaban J connectivity index is 1.48. The summed E-state index contributed by atoms with van der Waals surface area (Å²) in [5.41, 5.74) is 2.98. The summed E-state index contributed by atoms with van der Waals surface area (Å²) < 4.78 is 6.87. The van der Waals surface area contributed by atoms with E-state index in [2.05, 4.69) is 36.1 Å². The van der Waals surface area contributed by atoms with E-state index >= 15 is 0 Å². The standard InChI is InChI=1S/C19H15BrN4OS/c1-12(17-23-24-18(25-17)14-5-3-2-4-6-14)26-19-21-11-16(22-19)13-7-9-15(20)10-8-13/h2-12H,1H3,(H,21,22)/t12-/m0/s1. The molecule has 130 valence electrons. The molecular weight excluding hydrogens is 412 g/mol. The number of thioether (sulfide) groups is 1. The molecule has 0 aliphatic heterocycles. The lowest BCUT2D eigenvalue weighted by Gasteiger charge is -2.03. The predicted molar refractivity (Wildman–Crippen MR) is 106 cm³/mol. The topological polar surface area (TPSA) is 67.6 Å². The molecule has 0 saturated heterocycles. The van der Waals surface area contributed by atoms with E-state index in [-0.39, 0.29) is 5.25 Å². The van der Waals surface area contributed by atoms with Crippen molar-refractivity contribution >= 4 is 27.7 Å². The Kier molecular flexibility index (Phi) is 4.90. The van der Waals surface area contributed by atoms with Crippen molar-refractivity contribution < 1.29 is 4.42 Å². The van der Waals surface area contributed by atoms with Gasteiger partial charge in [0.15, 0.2) is 5.16 Å². The molecule has 0 bridgehead atoms. The second kappa shape index (κ2) is 7.47. The number of aromatic nitrogens is 4. The first kappa shape index (κ1) is 17.1. The largest absolute Gasteiger partial charge is 0.419 e. The van der Waals surface area contributed by atoms with Crippen LogP contribution in [0.25, 0.3) is 22.7 Å². The van der Waals surface area contributed by atoms with Gasteiger partial charge < -0.3 is 9.40 Å². The summed E-state index contributed by atoms with van der Waals surface area (Å²) in [7, 11) is 0. The third kappa shape index (κ3) is 3.73. The van der Waals surface area contributed by atoms with Crippen LogP contribution in [0, 0.1) is 0 Å². The summed E-state index contributed by atoms with van der Waals surface area (Å²) in [6.45, 7) is 2.02. The molecule has 1 N–H and O–H groups in total. The fourth-order valence-electron chi connectivity index (χ4n) is 2.45. The normalized spacial score (nSPS) is 12.2. The highest BCUT2D eigenvalue weighted by Crippen LogP contribution is 2.34. The maximum Gasteiger partial charge on any atom is 0.247 e. The summed E-state index contributed by atoms with van der Waals surface area (Å²) in [5, 5.41) is 9.13. The molecule has 26 heavy (non-hydrogen) atoms. The number of hydrogen-bond acceptors (Lipinski definition) is 5. The minimum Gasteiger partial charge on any atom is -0.419 e. The highest BCUT2D eigenvalue weighted by molar-refractivity contribution is 9.10. The SMILES string of the molecule is C[C@H](Sc1ncc(-c2ccc(Br)cc2)[nH]1)c1nnc(-c2ccccc2)o1. The number of imidazole rings is 1. The summed E-state index contributed by atoms with van der Waals surface area (Å²) >= 11 is 5.00. The second-order valence-corrected chi connectivity index (χ2v) is 7.93. The van der Waals surface area contributed by atoms with Crippen LogP contribution in [-0.2, 0) is 0 Å². The molecule has 2 aromatic carbocycles. The molecular formula is C19H15BrN4OS. The zero-order valence-electron chi connectivity index (χ0n) is 13.9. The van der Waals surface area contributed by atoms with Gasteiger partial charge in [0.1, 0.15) is 0 Å². The number of benzene rings is 2. The van der Waals surface area contributed by atoms with Gasteiger partial charge >= 0.3 is 0 Å². The molecule has 0 radical (unpaired) electrons. The van der Waals surface area contributed by atoms with E-state index in [0.717, 1.165) is 26.4 Å². The van der Waals surface area contributed by atoms with Gasteiger partial charge in [-0.1, -0.05) is 58.0 Å². The third-order valence-corrected chi connectivity index (χ3v) is 5.32. The molecule has 4 aromatic rings. The van der Waals surface area contributed by atoms with Gasteiger partial charge in [0.05, 0.1) is 17.1 Å². The third-order valence-electron chi connectivity index (χ3n) is 3.81. The van der Waals surface area contributed by atoms with Crippen LogP contribution in [0.4, 0.5) is 0 Å². The van der Waals surface area contributed by atoms with Gasteiger partial charge in [-0.05, 0) is 36.8 Å². The summed E-state index contributed by atoms with van der Waals surface area (Å²) in [6.07, 6.45) is 1.83. The zero-order chi connectivity index (χ0) is 17.9. The molecule has 4 rings (SSSR count). The van der Waals surface area contributed by atoms with E-state index in [0.29, 0.717) is 11.8 Å². The first-order valence-electron chi connectivity index (χ1n) is 8.05. The molecule has 0 spiro atoms.